The number of benzene rings is 2. The van der Waals surface area contributed by atoms with Gasteiger partial charge in [0.15, 0.2) is 5.78 Å². The number of nitrogens with one attached hydrogen (secondary N) is 3. The normalized spacial score (nSPS) is 19.9. The van der Waals surface area contributed by atoms with Crippen LogP contribution >= 0.6 is 11.8 Å². The summed E-state index contributed by atoms with van der Waals surface area (Å²) in [6.45, 7) is 8.92. The number of amides is 2. The molecule has 0 saturated carbocycles. The summed E-state index contributed by atoms with van der Waals surface area (Å²) in [6.07, 6.45) is -1.75. The van der Waals surface area contributed by atoms with Gasteiger partial charge in [0.1, 0.15) is 17.5 Å². The zero-order chi connectivity index (χ0) is 29.7. The maximum Gasteiger partial charge on any atom is 0.309 e. The first kappa shape index (κ1) is 31.3. The second-order valence-electron chi connectivity index (χ2n) is 11.4. The van der Waals surface area contributed by atoms with Crippen molar-refractivity contribution in [3.8, 4) is 0 Å². The van der Waals surface area contributed by atoms with E-state index in [9.17, 15) is 29.4 Å². The Labute approximate surface area is 239 Å². The smallest absolute Gasteiger partial charge is 0.309 e. The van der Waals surface area contributed by atoms with Gasteiger partial charge in [-0.05, 0) is 57.7 Å². The molecule has 9 nitrogen and oxygen atoms in total. The van der Waals surface area contributed by atoms with Gasteiger partial charge < -0.3 is 20.8 Å². The Kier molecular flexibility index (Phi) is 10.2. The lowest BCUT2D eigenvalue weighted by Gasteiger charge is -2.27. The summed E-state index contributed by atoms with van der Waals surface area (Å²) < 4.78 is -0.653. The van der Waals surface area contributed by atoms with Crippen LogP contribution in [0.15, 0.2) is 54.6 Å². The zero-order valence-electron chi connectivity index (χ0n) is 23.6. The minimum atomic E-state index is -1.59. The highest BCUT2D eigenvalue weighted by Crippen LogP contribution is 2.39. The first-order chi connectivity index (χ1) is 18.7. The van der Waals surface area contributed by atoms with Gasteiger partial charge in [-0.25, -0.2) is 0 Å². The number of ketones is 1. The van der Waals surface area contributed by atoms with E-state index in [1.54, 1.807) is 0 Å². The van der Waals surface area contributed by atoms with Gasteiger partial charge in [-0.15, -0.1) is 11.8 Å². The van der Waals surface area contributed by atoms with Crippen molar-refractivity contribution in [3.63, 3.8) is 0 Å². The fourth-order valence-electron chi connectivity index (χ4n) is 4.58. The van der Waals surface area contributed by atoms with Gasteiger partial charge in [-0.1, -0.05) is 54.6 Å². The lowest BCUT2D eigenvalue weighted by Crippen LogP contribution is -2.55. The molecule has 0 bridgehead atoms. The van der Waals surface area contributed by atoms with Gasteiger partial charge in [-0.2, -0.15) is 0 Å². The molecule has 40 heavy (non-hydrogen) atoms. The Morgan fingerprint density at radius 3 is 2.30 bits per heavy atom. The molecule has 1 aliphatic rings. The molecule has 216 valence electrons. The number of carbonyl (C=O) groups is 4. The van der Waals surface area contributed by atoms with Crippen molar-refractivity contribution in [3.05, 3.63) is 71.3 Å². The fourth-order valence-corrected chi connectivity index (χ4v) is 5.96. The molecule has 0 spiro atoms. The van der Waals surface area contributed by atoms with Crippen LogP contribution in [0.5, 0.6) is 0 Å². The quantitative estimate of drug-likeness (QED) is 0.262. The number of aliphatic hydroxyl groups is 1. The SMILES string of the molecule is Cc1ccccc1CNC(=O)[C@H]1NC(C(=O)[C@@H](O)[C@H](Cc2ccccc2)NC(=O)CC(C)(C)C(=O)O)SC1(C)C. The lowest BCUT2D eigenvalue weighted by molar-refractivity contribution is -0.150. The number of aliphatic hydroxyl groups excluding tert-OH is 1. The average molecular weight is 570 g/mol. The van der Waals surface area contributed by atoms with Gasteiger partial charge in [-0.3, -0.25) is 24.5 Å². The van der Waals surface area contributed by atoms with E-state index in [4.69, 9.17) is 0 Å². The summed E-state index contributed by atoms with van der Waals surface area (Å²) in [6, 6.07) is 15.2. The summed E-state index contributed by atoms with van der Waals surface area (Å²) in [4.78, 5) is 51.0. The second kappa shape index (κ2) is 13.0. The van der Waals surface area contributed by atoms with Crippen molar-refractivity contribution in [1.82, 2.24) is 16.0 Å². The topological polar surface area (TPSA) is 145 Å². The number of carbonyl (C=O) groups excluding carboxylic acids is 3. The standard InChI is InChI=1S/C30H39N3O6S/c1-18-11-9-10-14-20(18)17-31-26(37)25-30(4,5)40-27(33-25)24(36)23(35)21(15-19-12-7-6-8-13-19)32-22(34)16-29(2,3)28(38)39/h6-14,21,23,25,27,33,35H,15-17H2,1-5H3,(H,31,37)(H,32,34)(H,38,39)/t21-,23-,25+,27?/m0/s1. The van der Waals surface area contributed by atoms with Crippen LogP contribution in [-0.2, 0) is 32.1 Å². The van der Waals surface area contributed by atoms with Crippen LogP contribution in [-0.4, -0.2) is 62.1 Å². The Morgan fingerprint density at radius 1 is 1.05 bits per heavy atom. The number of carboxylic acids is 1. The molecule has 3 rings (SSSR count). The van der Waals surface area contributed by atoms with Gasteiger partial charge in [0.2, 0.25) is 11.8 Å². The monoisotopic (exact) mass is 569 g/mol. The molecule has 1 heterocycles. The molecule has 1 unspecified atom stereocenters. The summed E-state index contributed by atoms with van der Waals surface area (Å²) in [7, 11) is 0. The van der Waals surface area contributed by atoms with Gasteiger partial charge >= 0.3 is 5.97 Å². The molecule has 0 aliphatic carbocycles. The van der Waals surface area contributed by atoms with E-state index in [-0.39, 0.29) is 18.7 Å². The van der Waals surface area contributed by atoms with E-state index in [1.165, 1.54) is 25.6 Å². The molecule has 0 aromatic heterocycles. The molecule has 2 amide bonds. The van der Waals surface area contributed by atoms with Crippen LogP contribution in [0, 0.1) is 12.3 Å². The molecular weight excluding hydrogens is 530 g/mol. The van der Waals surface area contributed by atoms with Crippen LogP contribution in [0.2, 0.25) is 0 Å². The maximum atomic E-state index is 13.5. The Hall–Kier alpha value is -3.21. The number of thioether (sulfide) groups is 1. The minimum Gasteiger partial charge on any atom is -0.481 e. The first-order valence-electron chi connectivity index (χ1n) is 13.3. The van der Waals surface area contributed by atoms with Crippen LogP contribution in [0.3, 0.4) is 0 Å². The molecule has 0 radical (unpaired) electrons. The average Bonchev–Trinajstić information content (AvgIpc) is 3.22. The van der Waals surface area contributed by atoms with Gasteiger partial charge in [0.25, 0.3) is 0 Å². The van der Waals surface area contributed by atoms with Crippen molar-refractivity contribution in [2.75, 3.05) is 0 Å². The minimum absolute atomic E-state index is 0.161. The summed E-state index contributed by atoms with van der Waals surface area (Å²) >= 11 is 1.25. The predicted molar refractivity (Wildman–Crippen MR) is 155 cm³/mol. The van der Waals surface area contributed by atoms with Crippen LogP contribution in [0.4, 0.5) is 0 Å². The predicted octanol–water partition coefficient (Wildman–Crippen LogP) is 2.58. The number of carboxylic acid groups (broad SMARTS) is 1. The van der Waals surface area contributed by atoms with E-state index in [1.807, 2.05) is 75.4 Å². The molecule has 5 N–H and O–H groups in total. The summed E-state index contributed by atoms with van der Waals surface area (Å²) in [5, 5.41) is 28.4. The Morgan fingerprint density at radius 2 is 1.68 bits per heavy atom. The van der Waals surface area contributed by atoms with E-state index >= 15 is 0 Å². The Bertz CT molecular complexity index is 1230. The molecule has 1 fully saturated rings. The molecule has 2 aromatic carbocycles. The summed E-state index contributed by atoms with van der Waals surface area (Å²) in [5.74, 6) is -2.53. The third kappa shape index (κ3) is 7.93. The van der Waals surface area contributed by atoms with Gasteiger partial charge in [0, 0.05) is 17.7 Å². The molecule has 4 atom stereocenters. The highest BCUT2D eigenvalue weighted by atomic mass is 32.2. The molecule has 1 saturated heterocycles. The second-order valence-corrected chi connectivity index (χ2v) is 13.2. The number of hydrogen-bond donors (Lipinski definition) is 5. The van der Waals surface area contributed by atoms with Crippen LogP contribution in [0.25, 0.3) is 0 Å². The third-order valence-electron chi connectivity index (χ3n) is 7.17. The van der Waals surface area contributed by atoms with E-state index in [0.717, 1.165) is 16.7 Å². The van der Waals surface area contributed by atoms with Crippen molar-refractivity contribution in [2.24, 2.45) is 5.41 Å². The Balaban J connectivity index is 1.72. The van der Waals surface area contributed by atoms with Crippen LogP contribution < -0.4 is 16.0 Å². The van der Waals surface area contributed by atoms with Crippen molar-refractivity contribution >= 4 is 35.3 Å². The van der Waals surface area contributed by atoms with Gasteiger partial charge in [0.05, 0.1) is 11.5 Å². The number of Topliss-reactive ketones (excluding diaryl/α,β-unsaturated/α-hetero) is 1. The van der Waals surface area contributed by atoms with Crippen molar-refractivity contribution in [1.29, 1.82) is 0 Å². The molecule has 10 heteroatoms. The van der Waals surface area contributed by atoms with E-state index in [0.29, 0.717) is 6.54 Å². The largest absolute Gasteiger partial charge is 0.481 e. The fraction of sp³-hybridized carbons (Fsp3) is 0.467. The molecular formula is C30H39N3O6S. The molecule has 2 aromatic rings. The number of aryl methyl sites for hydroxylation is 1. The van der Waals surface area contributed by atoms with Crippen molar-refractivity contribution < 1.29 is 29.4 Å². The molecule has 1 aliphatic heterocycles. The number of rotatable bonds is 12. The van der Waals surface area contributed by atoms with Crippen molar-refractivity contribution in [2.45, 2.75) is 82.3 Å². The third-order valence-corrected chi connectivity index (χ3v) is 8.62. The highest BCUT2D eigenvalue weighted by molar-refractivity contribution is 8.02. The highest BCUT2D eigenvalue weighted by Gasteiger charge is 2.49. The zero-order valence-corrected chi connectivity index (χ0v) is 24.4. The summed E-state index contributed by atoms with van der Waals surface area (Å²) in [5.41, 5.74) is 1.53. The first-order valence-corrected chi connectivity index (χ1v) is 14.1. The lowest BCUT2D eigenvalue weighted by atomic mass is 9.88. The van der Waals surface area contributed by atoms with Crippen LogP contribution in [0.1, 0.15) is 50.8 Å². The number of hydrogen-bond acceptors (Lipinski definition) is 7. The number of aliphatic carboxylic acids is 1. The van der Waals surface area contributed by atoms with E-state index < -0.39 is 51.4 Å². The maximum absolute atomic E-state index is 13.5. The van der Waals surface area contributed by atoms with E-state index in [2.05, 4.69) is 16.0 Å².